The van der Waals surface area contributed by atoms with Crippen molar-refractivity contribution >= 4 is 82.5 Å². The molecule has 0 saturated heterocycles. The van der Waals surface area contributed by atoms with E-state index in [9.17, 15) is 0 Å². The summed E-state index contributed by atoms with van der Waals surface area (Å²) in [4.78, 5) is 2.37. The van der Waals surface area contributed by atoms with E-state index in [1.54, 1.807) is 0 Å². The highest BCUT2D eigenvalue weighted by molar-refractivity contribution is 6.17. The van der Waals surface area contributed by atoms with Crippen LogP contribution in [-0.2, 0) is 0 Å². The predicted molar refractivity (Wildman–Crippen MR) is 222 cm³/mol. The van der Waals surface area contributed by atoms with Gasteiger partial charge in [-0.05, 0) is 98.9 Å². The standard InChI is InChI=1S/C50H31NO2/c1-2-13-35-30-49-44(29-34(35)12-1)50-42(19-10-22-48(50)53-49)40-16-5-7-20-45(40)51(37-27-28-47-43(31-37)41-17-6-8-21-46(41)52-47)36-25-23-33(24-26-36)39-18-9-14-32-11-3-4-15-38(32)39/h1-31H. The van der Waals surface area contributed by atoms with Crippen molar-refractivity contribution in [2.24, 2.45) is 0 Å². The Morgan fingerprint density at radius 1 is 0.321 bits per heavy atom. The van der Waals surface area contributed by atoms with Gasteiger partial charge in [0.15, 0.2) is 0 Å². The van der Waals surface area contributed by atoms with Crippen molar-refractivity contribution in [2.45, 2.75) is 0 Å². The van der Waals surface area contributed by atoms with Crippen molar-refractivity contribution in [3.8, 4) is 22.3 Å². The van der Waals surface area contributed by atoms with Gasteiger partial charge in [0, 0.05) is 38.5 Å². The van der Waals surface area contributed by atoms with Crippen LogP contribution in [0, 0.1) is 0 Å². The third kappa shape index (κ3) is 4.75. The summed E-state index contributed by atoms with van der Waals surface area (Å²) in [7, 11) is 0. The number of fused-ring (bicyclic) bond motifs is 8. The molecule has 0 unspecified atom stereocenters. The molecule has 11 aromatic rings. The minimum absolute atomic E-state index is 0.872. The molecular formula is C50H31NO2. The Hall–Kier alpha value is -7.10. The first-order valence-corrected chi connectivity index (χ1v) is 18.0. The second-order valence-corrected chi connectivity index (χ2v) is 13.7. The van der Waals surface area contributed by atoms with E-state index in [0.29, 0.717) is 0 Å². The second-order valence-electron chi connectivity index (χ2n) is 13.7. The van der Waals surface area contributed by atoms with E-state index in [1.165, 1.54) is 32.7 Å². The predicted octanol–water partition coefficient (Wildman–Crippen LogP) is 14.6. The van der Waals surface area contributed by atoms with E-state index < -0.39 is 0 Å². The number of anilines is 3. The van der Waals surface area contributed by atoms with Gasteiger partial charge in [-0.15, -0.1) is 0 Å². The zero-order chi connectivity index (χ0) is 34.9. The first-order chi connectivity index (χ1) is 26.3. The fourth-order valence-corrected chi connectivity index (χ4v) is 8.18. The number of furan rings is 2. The Labute approximate surface area is 305 Å². The highest BCUT2D eigenvalue weighted by atomic mass is 16.3. The monoisotopic (exact) mass is 677 g/mol. The molecule has 2 aromatic heterocycles. The molecule has 53 heavy (non-hydrogen) atoms. The molecular weight excluding hydrogens is 647 g/mol. The summed E-state index contributed by atoms with van der Waals surface area (Å²) in [5.74, 6) is 0. The average molecular weight is 678 g/mol. The molecule has 3 nitrogen and oxygen atoms in total. The quantitative estimate of drug-likeness (QED) is 0.182. The van der Waals surface area contributed by atoms with Gasteiger partial charge in [-0.1, -0.05) is 127 Å². The normalized spacial score (nSPS) is 11.8. The number of nitrogens with zero attached hydrogens (tertiary/aromatic N) is 1. The fraction of sp³-hybridized carbons (Fsp3) is 0. The van der Waals surface area contributed by atoms with Crippen LogP contribution in [0.5, 0.6) is 0 Å². The molecule has 3 heteroatoms. The van der Waals surface area contributed by atoms with E-state index in [-0.39, 0.29) is 0 Å². The molecule has 0 amide bonds. The van der Waals surface area contributed by atoms with E-state index in [1.807, 2.05) is 12.1 Å². The molecule has 0 spiro atoms. The van der Waals surface area contributed by atoms with Gasteiger partial charge in [-0.3, -0.25) is 0 Å². The first-order valence-electron chi connectivity index (χ1n) is 18.0. The van der Waals surface area contributed by atoms with E-state index in [4.69, 9.17) is 8.83 Å². The van der Waals surface area contributed by atoms with Crippen LogP contribution in [0.4, 0.5) is 17.1 Å². The number of rotatable bonds is 5. The van der Waals surface area contributed by atoms with E-state index in [2.05, 4.69) is 181 Å². The third-order valence-corrected chi connectivity index (χ3v) is 10.6. The number of hydrogen-bond donors (Lipinski definition) is 0. The van der Waals surface area contributed by atoms with Crippen LogP contribution >= 0.6 is 0 Å². The lowest BCUT2D eigenvalue weighted by atomic mass is 9.95. The van der Waals surface area contributed by atoms with Crippen molar-refractivity contribution in [1.29, 1.82) is 0 Å². The highest BCUT2D eigenvalue weighted by Gasteiger charge is 2.22. The van der Waals surface area contributed by atoms with Gasteiger partial charge in [0.25, 0.3) is 0 Å². The number of para-hydroxylation sites is 2. The lowest BCUT2D eigenvalue weighted by molar-refractivity contribution is 0.668. The maximum Gasteiger partial charge on any atom is 0.136 e. The summed E-state index contributed by atoms with van der Waals surface area (Å²) in [6.07, 6.45) is 0. The fourth-order valence-electron chi connectivity index (χ4n) is 8.18. The van der Waals surface area contributed by atoms with Gasteiger partial charge in [0.05, 0.1) is 5.69 Å². The Morgan fingerprint density at radius 2 is 0.925 bits per heavy atom. The first kappa shape index (κ1) is 29.6. The van der Waals surface area contributed by atoms with Crippen molar-refractivity contribution in [1.82, 2.24) is 0 Å². The maximum atomic E-state index is 6.53. The molecule has 248 valence electrons. The Balaban J connectivity index is 1.14. The van der Waals surface area contributed by atoms with E-state index >= 15 is 0 Å². The molecule has 9 aromatic carbocycles. The number of benzene rings is 9. The molecule has 0 radical (unpaired) electrons. The van der Waals surface area contributed by atoms with Crippen LogP contribution < -0.4 is 4.90 Å². The molecule has 11 rings (SSSR count). The van der Waals surface area contributed by atoms with Gasteiger partial charge < -0.3 is 13.7 Å². The Morgan fingerprint density at radius 3 is 1.81 bits per heavy atom. The molecule has 0 fully saturated rings. The van der Waals surface area contributed by atoms with E-state index in [0.717, 1.165) is 72.1 Å². The molecule has 0 saturated carbocycles. The van der Waals surface area contributed by atoms with Gasteiger partial charge in [-0.2, -0.15) is 0 Å². The molecule has 0 aliphatic heterocycles. The lowest BCUT2D eigenvalue weighted by Crippen LogP contribution is -2.11. The Kier molecular flexibility index (Phi) is 6.55. The van der Waals surface area contributed by atoms with Gasteiger partial charge in [0.1, 0.15) is 22.3 Å². The summed E-state index contributed by atoms with van der Waals surface area (Å²) in [5.41, 5.74) is 11.3. The van der Waals surface area contributed by atoms with Crippen molar-refractivity contribution in [2.75, 3.05) is 4.90 Å². The van der Waals surface area contributed by atoms with Gasteiger partial charge in [0.2, 0.25) is 0 Å². The van der Waals surface area contributed by atoms with Crippen LogP contribution in [0.1, 0.15) is 0 Å². The van der Waals surface area contributed by atoms with Crippen LogP contribution in [0.25, 0.3) is 87.7 Å². The maximum absolute atomic E-state index is 6.53. The second kappa shape index (κ2) is 11.7. The van der Waals surface area contributed by atoms with Crippen molar-refractivity contribution in [3.05, 3.63) is 188 Å². The van der Waals surface area contributed by atoms with Crippen molar-refractivity contribution < 1.29 is 8.83 Å². The van der Waals surface area contributed by atoms with Crippen LogP contribution in [0.2, 0.25) is 0 Å². The summed E-state index contributed by atoms with van der Waals surface area (Å²) < 4.78 is 12.8. The summed E-state index contributed by atoms with van der Waals surface area (Å²) in [6, 6.07) is 66.9. The Bertz CT molecular complexity index is 3180. The average Bonchev–Trinajstić information content (AvgIpc) is 3.78. The summed E-state index contributed by atoms with van der Waals surface area (Å²) in [5, 5.41) is 9.26. The zero-order valence-electron chi connectivity index (χ0n) is 28.7. The molecule has 0 N–H and O–H groups in total. The minimum atomic E-state index is 0.872. The van der Waals surface area contributed by atoms with Gasteiger partial charge in [-0.25, -0.2) is 0 Å². The third-order valence-electron chi connectivity index (χ3n) is 10.6. The minimum Gasteiger partial charge on any atom is -0.456 e. The lowest BCUT2D eigenvalue weighted by Gasteiger charge is -2.28. The summed E-state index contributed by atoms with van der Waals surface area (Å²) in [6.45, 7) is 0. The largest absolute Gasteiger partial charge is 0.456 e. The van der Waals surface area contributed by atoms with Crippen LogP contribution in [-0.4, -0.2) is 0 Å². The van der Waals surface area contributed by atoms with Crippen LogP contribution in [0.15, 0.2) is 197 Å². The molecule has 0 aliphatic carbocycles. The molecule has 0 aliphatic rings. The van der Waals surface area contributed by atoms with Crippen LogP contribution in [0.3, 0.4) is 0 Å². The molecule has 0 atom stereocenters. The topological polar surface area (TPSA) is 29.5 Å². The summed E-state index contributed by atoms with van der Waals surface area (Å²) >= 11 is 0. The van der Waals surface area contributed by atoms with Crippen molar-refractivity contribution in [3.63, 3.8) is 0 Å². The molecule has 2 heterocycles. The SMILES string of the molecule is c1ccc(N(c2ccc(-c3cccc4ccccc34)cc2)c2ccc3oc4ccccc4c3c2)c(-c2cccc3oc4cc5ccccc5cc4c23)c1. The molecule has 0 bridgehead atoms. The van der Waals surface area contributed by atoms with Gasteiger partial charge >= 0.3 is 0 Å². The zero-order valence-corrected chi connectivity index (χ0v) is 28.7. The highest BCUT2D eigenvalue weighted by Crippen LogP contribution is 2.46. The number of hydrogen-bond acceptors (Lipinski definition) is 3. The smallest absolute Gasteiger partial charge is 0.136 e.